The van der Waals surface area contributed by atoms with Crippen molar-refractivity contribution in [2.24, 2.45) is 5.92 Å². The van der Waals surface area contributed by atoms with Gasteiger partial charge >= 0.3 is 6.09 Å². The molecule has 0 saturated heterocycles. The van der Waals surface area contributed by atoms with Gasteiger partial charge in [-0.2, -0.15) is 0 Å². The highest BCUT2D eigenvalue weighted by molar-refractivity contribution is 6.37. The van der Waals surface area contributed by atoms with Gasteiger partial charge in [0.1, 0.15) is 5.60 Å². The summed E-state index contributed by atoms with van der Waals surface area (Å²) in [5.74, 6) is 0.0192. The fourth-order valence-corrected chi connectivity index (χ4v) is 5.56. The predicted octanol–water partition coefficient (Wildman–Crippen LogP) is 7.75. The minimum absolute atomic E-state index is 0.0512. The Morgan fingerprint density at radius 2 is 1.59 bits per heavy atom. The maximum absolute atomic E-state index is 13.3. The molecule has 1 amide bonds. The quantitative estimate of drug-likeness (QED) is 0.262. The highest BCUT2D eigenvalue weighted by Gasteiger charge is 2.33. The topological polar surface area (TPSA) is 101 Å². The van der Waals surface area contributed by atoms with Crippen molar-refractivity contribution in [1.29, 1.82) is 0 Å². The number of hydrogen-bond acceptors (Lipinski definition) is 6. The van der Waals surface area contributed by atoms with Crippen molar-refractivity contribution >= 4 is 51.7 Å². The average Bonchev–Trinajstić information content (AvgIpc) is 3.72. The minimum Gasteiger partial charge on any atom is -0.505 e. The number of Topliss-reactive ketones (excluding diaryl/α,β-unsaturated/α-hetero) is 1. The first kappa shape index (κ1) is 27.5. The predicted molar refractivity (Wildman–Crippen MR) is 155 cm³/mol. The van der Waals surface area contributed by atoms with Gasteiger partial charge in [-0.05, 0) is 94.7 Å². The Balaban J connectivity index is 1.42. The number of fused-ring (bicyclic) bond motifs is 1. The summed E-state index contributed by atoms with van der Waals surface area (Å²) < 4.78 is 5.41. The molecule has 2 aliphatic rings. The summed E-state index contributed by atoms with van der Waals surface area (Å²) in [6.07, 6.45) is 6.40. The van der Waals surface area contributed by atoms with Crippen LogP contribution in [0.4, 0.5) is 10.5 Å². The molecule has 3 aromatic rings. The molecule has 9 heteroatoms. The maximum Gasteiger partial charge on any atom is 0.407 e. The number of rotatable bonds is 6. The Kier molecular flexibility index (Phi) is 7.66. The third kappa shape index (κ3) is 6.42. The number of pyridine rings is 1. The van der Waals surface area contributed by atoms with Crippen LogP contribution in [-0.4, -0.2) is 39.7 Å². The molecule has 0 unspecified atom stereocenters. The van der Waals surface area contributed by atoms with Gasteiger partial charge in [-0.1, -0.05) is 29.3 Å². The molecule has 39 heavy (non-hydrogen) atoms. The molecular weight excluding hydrogens is 537 g/mol. The van der Waals surface area contributed by atoms with E-state index in [2.05, 4.69) is 15.6 Å². The van der Waals surface area contributed by atoms with E-state index < -0.39 is 11.7 Å². The molecule has 7 nitrogen and oxygen atoms in total. The zero-order chi connectivity index (χ0) is 27.9. The Bertz CT molecular complexity index is 1400. The lowest BCUT2D eigenvalue weighted by atomic mass is 9.90. The van der Waals surface area contributed by atoms with Crippen LogP contribution in [0.2, 0.25) is 10.0 Å². The second-order valence-corrected chi connectivity index (χ2v) is 12.4. The van der Waals surface area contributed by atoms with Gasteiger partial charge in [0.2, 0.25) is 0 Å². The number of alkyl carbamates (subject to hydrolysis) is 1. The average molecular weight is 571 g/mol. The number of nitrogens with zero attached hydrogens (tertiary/aromatic N) is 1. The molecule has 3 N–H and O–H groups in total. The van der Waals surface area contributed by atoms with Crippen LogP contribution in [0.25, 0.3) is 22.0 Å². The first-order valence-electron chi connectivity index (χ1n) is 13.4. The number of phenols is 1. The van der Waals surface area contributed by atoms with Crippen LogP contribution in [0.5, 0.6) is 5.75 Å². The number of phenolic OH excluding ortho intramolecular Hbond substituents is 1. The van der Waals surface area contributed by atoms with Gasteiger partial charge in [0.15, 0.2) is 11.5 Å². The third-order valence-electron chi connectivity index (χ3n) is 7.23. The number of amides is 1. The van der Waals surface area contributed by atoms with Crippen molar-refractivity contribution in [2.45, 2.75) is 77.0 Å². The smallest absolute Gasteiger partial charge is 0.407 e. The summed E-state index contributed by atoms with van der Waals surface area (Å²) in [6, 6.07) is 9.36. The monoisotopic (exact) mass is 569 g/mol. The molecule has 2 aromatic carbocycles. The van der Waals surface area contributed by atoms with E-state index in [-0.39, 0.29) is 39.6 Å². The van der Waals surface area contributed by atoms with Crippen LogP contribution < -0.4 is 10.6 Å². The minimum atomic E-state index is -0.536. The van der Waals surface area contributed by atoms with Crippen LogP contribution in [0.1, 0.15) is 69.7 Å². The van der Waals surface area contributed by atoms with Gasteiger partial charge in [-0.15, -0.1) is 0 Å². The molecule has 2 saturated carbocycles. The van der Waals surface area contributed by atoms with Crippen LogP contribution in [0.15, 0.2) is 36.5 Å². The number of ketones is 1. The van der Waals surface area contributed by atoms with E-state index in [1.165, 1.54) is 0 Å². The van der Waals surface area contributed by atoms with Crippen molar-refractivity contribution in [3.63, 3.8) is 0 Å². The Morgan fingerprint density at radius 1 is 0.949 bits per heavy atom. The molecule has 0 aliphatic heterocycles. The molecule has 2 fully saturated rings. The van der Waals surface area contributed by atoms with Gasteiger partial charge in [0, 0.05) is 29.6 Å². The molecular formula is C30H33Cl2N3O4. The molecule has 1 heterocycles. The summed E-state index contributed by atoms with van der Waals surface area (Å²) in [5, 5.41) is 17.8. The van der Waals surface area contributed by atoms with E-state index in [9.17, 15) is 14.7 Å². The van der Waals surface area contributed by atoms with Crippen molar-refractivity contribution < 1.29 is 19.4 Å². The largest absolute Gasteiger partial charge is 0.505 e. The maximum atomic E-state index is 13.3. The molecule has 2 aliphatic carbocycles. The van der Waals surface area contributed by atoms with Gasteiger partial charge < -0.3 is 20.5 Å². The second-order valence-electron chi connectivity index (χ2n) is 11.5. The van der Waals surface area contributed by atoms with Crippen LogP contribution in [0.3, 0.4) is 0 Å². The molecule has 0 atom stereocenters. The fraction of sp³-hybridized carbons (Fsp3) is 0.433. The SMILES string of the molecule is CC(C)(C)OC(=O)NC1CCC(Nc2c(C(=O)C3CC3)cnc3ccc(-c4cc(Cl)c(O)c(Cl)c4)cc23)CC1. The van der Waals surface area contributed by atoms with Gasteiger partial charge in [-0.3, -0.25) is 9.78 Å². The lowest BCUT2D eigenvalue weighted by Crippen LogP contribution is -2.42. The molecule has 206 valence electrons. The number of benzene rings is 2. The highest BCUT2D eigenvalue weighted by atomic mass is 35.5. The number of carbonyl (C=O) groups excluding carboxylic acids is 2. The first-order valence-corrected chi connectivity index (χ1v) is 14.2. The van der Waals surface area contributed by atoms with Crippen LogP contribution >= 0.6 is 23.2 Å². The molecule has 0 spiro atoms. The Hall–Kier alpha value is -3.03. The van der Waals surface area contributed by atoms with Gasteiger partial charge in [0.05, 0.1) is 26.8 Å². The lowest BCUT2D eigenvalue weighted by Gasteiger charge is -2.31. The first-order chi connectivity index (χ1) is 18.5. The number of carbonyl (C=O) groups is 2. The number of aromatic hydroxyl groups is 1. The zero-order valence-corrected chi connectivity index (χ0v) is 23.8. The Morgan fingerprint density at radius 3 is 2.21 bits per heavy atom. The Labute approximate surface area is 238 Å². The van der Waals surface area contributed by atoms with Crippen molar-refractivity contribution in [3.05, 3.63) is 52.1 Å². The lowest BCUT2D eigenvalue weighted by molar-refractivity contribution is 0.0492. The third-order valence-corrected chi connectivity index (χ3v) is 7.80. The molecule has 1 aromatic heterocycles. The number of anilines is 1. The van der Waals surface area contributed by atoms with E-state index in [1.54, 1.807) is 18.3 Å². The summed E-state index contributed by atoms with van der Waals surface area (Å²) in [4.78, 5) is 30.1. The summed E-state index contributed by atoms with van der Waals surface area (Å²) in [5.41, 5.74) is 3.23. The molecule has 0 bridgehead atoms. The van der Waals surface area contributed by atoms with E-state index >= 15 is 0 Å². The highest BCUT2D eigenvalue weighted by Crippen LogP contribution is 2.40. The summed E-state index contributed by atoms with van der Waals surface area (Å²) >= 11 is 12.4. The van der Waals surface area contributed by atoms with Gasteiger partial charge in [0.25, 0.3) is 0 Å². The number of halogens is 2. The summed E-state index contributed by atoms with van der Waals surface area (Å²) in [7, 11) is 0. The van der Waals surface area contributed by atoms with Crippen LogP contribution in [0, 0.1) is 5.92 Å². The van der Waals surface area contributed by atoms with E-state index in [0.29, 0.717) is 5.56 Å². The zero-order valence-electron chi connectivity index (χ0n) is 22.3. The summed E-state index contributed by atoms with van der Waals surface area (Å²) in [6.45, 7) is 5.55. The normalized spacial score (nSPS) is 19.5. The molecule has 5 rings (SSSR count). The fourth-order valence-electron chi connectivity index (χ4n) is 5.07. The number of aromatic nitrogens is 1. The van der Waals surface area contributed by atoms with E-state index in [1.807, 2.05) is 39.0 Å². The molecule has 0 radical (unpaired) electrons. The van der Waals surface area contributed by atoms with E-state index in [0.717, 1.165) is 66.2 Å². The van der Waals surface area contributed by atoms with Crippen LogP contribution in [-0.2, 0) is 4.74 Å². The van der Waals surface area contributed by atoms with Crippen molar-refractivity contribution in [2.75, 3.05) is 5.32 Å². The number of ether oxygens (including phenoxy) is 1. The second kappa shape index (κ2) is 10.9. The van der Waals surface area contributed by atoms with Crippen molar-refractivity contribution in [1.82, 2.24) is 10.3 Å². The van der Waals surface area contributed by atoms with E-state index in [4.69, 9.17) is 27.9 Å². The van der Waals surface area contributed by atoms with Gasteiger partial charge in [-0.25, -0.2) is 4.79 Å². The number of hydrogen-bond donors (Lipinski definition) is 3. The van der Waals surface area contributed by atoms with Crippen molar-refractivity contribution in [3.8, 4) is 16.9 Å². The number of nitrogens with one attached hydrogen (secondary N) is 2. The standard InChI is InChI=1S/C30H33Cl2N3O4/c1-30(2,3)39-29(38)35-20-9-7-19(8-10-20)34-26-21-12-17(18-13-23(31)28(37)24(32)14-18)6-11-25(21)33-15-22(26)27(36)16-4-5-16/h6,11-16,19-20,37H,4-5,7-10H2,1-3H3,(H,33,34)(H,35,38).